The Morgan fingerprint density at radius 1 is 1.40 bits per heavy atom. The van der Waals surface area contributed by atoms with Gasteiger partial charge in [0.2, 0.25) is 10.0 Å². The van der Waals surface area contributed by atoms with Crippen molar-refractivity contribution in [1.29, 1.82) is 0 Å². The lowest BCUT2D eigenvalue weighted by Crippen LogP contribution is -2.38. The SMILES string of the molecule is O=S(=O)(CO)NC(F)(F)F. The highest BCUT2D eigenvalue weighted by molar-refractivity contribution is 7.89. The molecule has 0 amide bonds. The van der Waals surface area contributed by atoms with Crippen molar-refractivity contribution in [1.82, 2.24) is 4.72 Å². The zero-order valence-electron chi connectivity index (χ0n) is 4.51. The Bertz CT molecular complexity index is 194. The third kappa shape index (κ3) is 4.53. The van der Waals surface area contributed by atoms with Crippen molar-refractivity contribution in [3.8, 4) is 0 Å². The van der Waals surface area contributed by atoms with Crippen molar-refractivity contribution in [2.45, 2.75) is 6.30 Å². The van der Waals surface area contributed by atoms with E-state index in [1.165, 1.54) is 0 Å². The minimum Gasteiger partial charge on any atom is -0.379 e. The minimum atomic E-state index is -5.01. The Kier molecular flexibility index (Phi) is 2.63. The zero-order valence-corrected chi connectivity index (χ0v) is 5.33. The van der Waals surface area contributed by atoms with Crippen molar-refractivity contribution in [3.63, 3.8) is 0 Å². The highest BCUT2D eigenvalue weighted by Crippen LogP contribution is 2.10. The van der Waals surface area contributed by atoms with E-state index in [1.807, 2.05) is 0 Å². The van der Waals surface area contributed by atoms with Gasteiger partial charge in [0.15, 0.2) is 5.94 Å². The molecule has 0 fully saturated rings. The van der Waals surface area contributed by atoms with Gasteiger partial charge in [-0.2, -0.15) is 13.2 Å². The molecule has 0 bridgehead atoms. The van der Waals surface area contributed by atoms with E-state index < -0.39 is 22.3 Å². The van der Waals surface area contributed by atoms with E-state index in [-0.39, 0.29) is 4.72 Å². The molecule has 0 atom stereocenters. The summed E-state index contributed by atoms with van der Waals surface area (Å²) < 4.78 is 53.5. The first kappa shape index (κ1) is 9.66. The molecule has 0 aliphatic heterocycles. The molecule has 62 valence electrons. The molecule has 0 unspecified atom stereocenters. The monoisotopic (exact) mass is 179 g/mol. The molecule has 0 rings (SSSR count). The first-order valence-electron chi connectivity index (χ1n) is 1.96. The largest absolute Gasteiger partial charge is 0.470 e. The fraction of sp³-hybridized carbons (Fsp3) is 1.00. The van der Waals surface area contributed by atoms with E-state index in [4.69, 9.17) is 5.11 Å². The van der Waals surface area contributed by atoms with Gasteiger partial charge >= 0.3 is 6.30 Å². The molecule has 10 heavy (non-hydrogen) atoms. The van der Waals surface area contributed by atoms with E-state index in [1.54, 1.807) is 0 Å². The Hall–Kier alpha value is -0.340. The van der Waals surface area contributed by atoms with Crippen LogP contribution in [0.3, 0.4) is 0 Å². The van der Waals surface area contributed by atoms with Crippen molar-refractivity contribution in [3.05, 3.63) is 0 Å². The second-order valence-corrected chi connectivity index (χ2v) is 3.04. The average molecular weight is 179 g/mol. The normalized spacial score (nSPS) is 13.6. The predicted octanol–water partition coefficient (Wildman–Crippen LogP) is -0.625. The van der Waals surface area contributed by atoms with Gasteiger partial charge in [0.25, 0.3) is 0 Å². The van der Waals surface area contributed by atoms with Gasteiger partial charge in [-0.15, -0.1) is 4.72 Å². The van der Waals surface area contributed by atoms with Crippen LogP contribution in [0.15, 0.2) is 0 Å². The lowest BCUT2D eigenvalue weighted by molar-refractivity contribution is -0.138. The van der Waals surface area contributed by atoms with Crippen LogP contribution in [-0.2, 0) is 10.0 Å². The second-order valence-electron chi connectivity index (χ2n) is 1.34. The zero-order chi connectivity index (χ0) is 8.41. The van der Waals surface area contributed by atoms with E-state index >= 15 is 0 Å². The minimum absolute atomic E-state index is 0.267. The van der Waals surface area contributed by atoms with Gasteiger partial charge in [-0.3, -0.25) is 0 Å². The molecule has 0 radical (unpaired) electrons. The Morgan fingerprint density at radius 3 is 1.90 bits per heavy atom. The number of aliphatic hydroxyl groups excluding tert-OH is 1. The maximum Gasteiger partial charge on any atom is 0.470 e. The summed E-state index contributed by atoms with van der Waals surface area (Å²) in [6.45, 7) is 0. The standard InChI is InChI=1S/C2H4F3NO3S/c3-2(4,5)6-10(8,9)1-7/h6-7H,1H2. The van der Waals surface area contributed by atoms with Gasteiger partial charge in [-0.25, -0.2) is 8.42 Å². The Morgan fingerprint density at radius 2 is 1.80 bits per heavy atom. The van der Waals surface area contributed by atoms with Gasteiger partial charge in [0, 0.05) is 0 Å². The Labute approximate surface area is 54.7 Å². The van der Waals surface area contributed by atoms with Gasteiger partial charge in [-0.1, -0.05) is 0 Å². The van der Waals surface area contributed by atoms with Crippen LogP contribution in [0.4, 0.5) is 13.2 Å². The number of alkyl halides is 3. The summed E-state index contributed by atoms with van der Waals surface area (Å²) >= 11 is 0. The maximum absolute atomic E-state index is 11.1. The second kappa shape index (κ2) is 2.72. The van der Waals surface area contributed by atoms with Crippen LogP contribution < -0.4 is 4.72 Å². The number of aliphatic hydroxyl groups is 1. The summed E-state index contributed by atoms with van der Waals surface area (Å²) in [5.41, 5.74) is 0. The van der Waals surface area contributed by atoms with E-state index in [0.717, 1.165) is 0 Å². The first-order chi connectivity index (χ1) is 4.27. The third-order valence-electron chi connectivity index (χ3n) is 0.441. The lowest BCUT2D eigenvalue weighted by atomic mass is 11.3. The van der Waals surface area contributed by atoms with E-state index in [2.05, 4.69) is 0 Å². The number of rotatable bonds is 2. The van der Waals surface area contributed by atoms with E-state index in [0.29, 0.717) is 0 Å². The topological polar surface area (TPSA) is 66.4 Å². The van der Waals surface area contributed by atoms with E-state index in [9.17, 15) is 21.6 Å². The van der Waals surface area contributed by atoms with Crippen molar-refractivity contribution in [2.24, 2.45) is 0 Å². The summed E-state index contributed by atoms with van der Waals surface area (Å²) in [5.74, 6) is -1.58. The summed E-state index contributed by atoms with van der Waals surface area (Å²) in [6.07, 6.45) is -5.01. The molecule has 0 saturated carbocycles. The predicted molar refractivity (Wildman–Crippen MR) is 25.2 cm³/mol. The molecule has 0 aromatic carbocycles. The number of nitrogens with one attached hydrogen (secondary N) is 1. The third-order valence-corrected chi connectivity index (χ3v) is 1.32. The molecule has 2 N–H and O–H groups in total. The van der Waals surface area contributed by atoms with Gasteiger partial charge in [-0.05, 0) is 0 Å². The number of halogens is 3. The molecular formula is C2H4F3NO3S. The fourth-order valence-corrected chi connectivity index (χ4v) is 0.626. The fourth-order valence-electron chi connectivity index (χ4n) is 0.209. The molecule has 8 heteroatoms. The lowest BCUT2D eigenvalue weighted by Gasteiger charge is -2.05. The molecule has 0 aliphatic carbocycles. The van der Waals surface area contributed by atoms with Gasteiger partial charge in [0.1, 0.15) is 0 Å². The number of hydrogen-bond acceptors (Lipinski definition) is 3. The molecule has 0 spiro atoms. The molecule has 0 aromatic rings. The molecular weight excluding hydrogens is 175 g/mol. The van der Waals surface area contributed by atoms with Gasteiger partial charge in [0.05, 0.1) is 0 Å². The van der Waals surface area contributed by atoms with Crippen molar-refractivity contribution in [2.75, 3.05) is 5.94 Å². The highest BCUT2D eigenvalue weighted by atomic mass is 32.2. The van der Waals surface area contributed by atoms with Crippen LogP contribution in [0.2, 0.25) is 0 Å². The quantitative estimate of drug-likeness (QED) is 0.555. The van der Waals surface area contributed by atoms with Crippen LogP contribution in [0.25, 0.3) is 0 Å². The van der Waals surface area contributed by atoms with Gasteiger partial charge < -0.3 is 5.11 Å². The maximum atomic E-state index is 11.1. The van der Waals surface area contributed by atoms with Crippen LogP contribution in [0.1, 0.15) is 0 Å². The summed E-state index contributed by atoms with van der Waals surface area (Å²) in [7, 11) is -4.60. The average Bonchev–Trinajstić information content (AvgIpc) is 1.60. The number of hydrogen-bond donors (Lipinski definition) is 2. The van der Waals surface area contributed by atoms with Crippen LogP contribution in [0.5, 0.6) is 0 Å². The van der Waals surface area contributed by atoms with Crippen LogP contribution in [-0.4, -0.2) is 25.8 Å². The molecule has 0 aromatic heterocycles. The highest BCUT2D eigenvalue weighted by Gasteiger charge is 2.33. The van der Waals surface area contributed by atoms with Crippen LogP contribution >= 0.6 is 0 Å². The summed E-state index contributed by atoms with van der Waals surface area (Å²) in [5, 5.41) is 7.81. The van der Waals surface area contributed by atoms with Crippen molar-refractivity contribution < 1.29 is 26.7 Å². The summed E-state index contributed by atoms with van der Waals surface area (Å²) in [4.78, 5) is 0. The molecule has 0 aliphatic rings. The Balaban J connectivity index is 4.18. The first-order valence-corrected chi connectivity index (χ1v) is 3.61. The molecule has 4 nitrogen and oxygen atoms in total. The summed E-state index contributed by atoms with van der Waals surface area (Å²) in [6, 6.07) is 0. The van der Waals surface area contributed by atoms with Crippen molar-refractivity contribution >= 4 is 10.0 Å². The molecule has 0 heterocycles. The smallest absolute Gasteiger partial charge is 0.379 e. The molecule has 0 saturated heterocycles. The van der Waals surface area contributed by atoms with Crippen LogP contribution in [0, 0.1) is 0 Å². The number of sulfonamides is 1.